The van der Waals surface area contributed by atoms with Gasteiger partial charge < -0.3 is 29.0 Å². The molecule has 0 bridgehead atoms. The third kappa shape index (κ3) is 4.78. The van der Waals surface area contributed by atoms with Crippen LogP contribution in [0.15, 0.2) is 54.6 Å². The van der Waals surface area contributed by atoms with Gasteiger partial charge in [-0.15, -0.1) is 0 Å². The highest BCUT2D eigenvalue weighted by atomic mass is 16.5. The topological polar surface area (TPSA) is 117 Å². The fourth-order valence-corrected chi connectivity index (χ4v) is 5.31. The van der Waals surface area contributed by atoms with E-state index in [1.165, 1.54) is 26.2 Å². The van der Waals surface area contributed by atoms with Gasteiger partial charge >= 0.3 is 0 Å². The second kappa shape index (κ2) is 10.7. The number of likely N-dealkylation sites (tertiary alicyclic amines) is 1. The first-order valence-electron chi connectivity index (χ1n) is 12.7. The molecular formula is C29H31N3O7. The summed E-state index contributed by atoms with van der Waals surface area (Å²) in [4.78, 5) is 31.3. The van der Waals surface area contributed by atoms with Crippen LogP contribution in [0.4, 0.5) is 0 Å². The maximum atomic E-state index is 13.9. The standard InChI is InChI=1S/C29H31N3O7/c1-17-12-19-13-18(6-7-21(19)39-17)26(33)24-25(20-14-22(36-2)28(38-4)23(15-20)37-3)32(29(35)27(24)34)10-5-9-31-11-8-30-16-31/h6-8,11,13-17,25H,5,9-10,12H2,1-4H3,(H,33,34). The molecule has 1 fully saturated rings. The Morgan fingerprint density at radius 3 is 2.51 bits per heavy atom. The molecule has 1 aromatic heterocycles. The Hall–Kier alpha value is -4.47. The van der Waals surface area contributed by atoms with Gasteiger partial charge in [0.25, 0.3) is 5.91 Å². The van der Waals surface area contributed by atoms with E-state index in [-0.39, 0.29) is 18.2 Å². The molecule has 0 spiro atoms. The molecule has 0 radical (unpaired) electrons. The minimum Gasteiger partial charge on any atom is -0.872 e. The lowest BCUT2D eigenvalue weighted by atomic mass is 9.94. The van der Waals surface area contributed by atoms with Crippen molar-refractivity contribution < 1.29 is 38.2 Å². The minimum atomic E-state index is -0.925. The Morgan fingerprint density at radius 1 is 1.13 bits per heavy atom. The Bertz CT molecular complexity index is 1410. The Kier molecular flexibility index (Phi) is 7.19. The quantitative estimate of drug-likeness (QED) is 0.193. The molecule has 204 valence electrons. The lowest BCUT2D eigenvalue weighted by Gasteiger charge is -2.28. The highest BCUT2D eigenvalue weighted by Gasteiger charge is 2.44. The maximum Gasteiger partial charge on any atom is 0.295 e. The van der Waals surface area contributed by atoms with Crippen molar-refractivity contribution in [1.82, 2.24) is 9.88 Å². The van der Waals surface area contributed by atoms with Crippen LogP contribution in [-0.2, 0) is 22.6 Å². The summed E-state index contributed by atoms with van der Waals surface area (Å²) >= 11 is 0. The van der Waals surface area contributed by atoms with Crippen molar-refractivity contribution in [1.29, 1.82) is 0 Å². The molecule has 10 nitrogen and oxygen atoms in total. The molecule has 0 aliphatic carbocycles. The summed E-state index contributed by atoms with van der Waals surface area (Å²) in [7, 11) is 4.47. The van der Waals surface area contributed by atoms with Crippen LogP contribution in [0, 0.1) is 0 Å². The molecule has 10 heteroatoms. The number of aryl methyl sites for hydroxylation is 1. The highest BCUT2D eigenvalue weighted by molar-refractivity contribution is 6.46. The summed E-state index contributed by atoms with van der Waals surface area (Å²) in [5, 5.41) is 13.9. The number of carbonyl (C=O) groups is 2. The van der Waals surface area contributed by atoms with Crippen LogP contribution < -0.4 is 28.6 Å². The molecule has 2 aromatic carbocycles. The zero-order chi connectivity index (χ0) is 27.7. The molecule has 5 rings (SSSR count). The number of aromatic amines is 1. The predicted molar refractivity (Wildman–Crippen MR) is 138 cm³/mol. The number of nitrogens with zero attached hydrogens (tertiary/aromatic N) is 2. The molecule has 1 saturated heterocycles. The van der Waals surface area contributed by atoms with E-state index in [2.05, 4.69) is 4.98 Å². The van der Waals surface area contributed by atoms with Gasteiger partial charge in [0, 0.05) is 25.0 Å². The summed E-state index contributed by atoms with van der Waals surface area (Å²) in [6, 6.07) is 7.57. The van der Waals surface area contributed by atoms with Gasteiger partial charge in [-0.1, -0.05) is 11.8 Å². The number of nitrogens with one attached hydrogen (secondary N) is 1. The normalized spacial score (nSPS) is 19.6. The van der Waals surface area contributed by atoms with Crippen LogP contribution >= 0.6 is 0 Å². The number of imidazole rings is 1. The van der Waals surface area contributed by atoms with Gasteiger partial charge in [0.05, 0.1) is 33.9 Å². The molecule has 0 saturated carbocycles. The first-order valence-corrected chi connectivity index (χ1v) is 12.7. The van der Waals surface area contributed by atoms with E-state index in [0.717, 1.165) is 11.3 Å². The molecule has 2 aliphatic heterocycles. The molecule has 2 unspecified atom stereocenters. The Labute approximate surface area is 226 Å². The van der Waals surface area contributed by atoms with Crippen LogP contribution in [0.1, 0.15) is 36.1 Å². The Morgan fingerprint density at radius 2 is 1.87 bits per heavy atom. The predicted octanol–water partition coefficient (Wildman–Crippen LogP) is 1.97. The largest absolute Gasteiger partial charge is 0.872 e. The second-order valence-electron chi connectivity index (χ2n) is 9.59. The average Bonchev–Trinajstić information content (AvgIpc) is 3.65. The number of aromatic nitrogens is 2. The zero-order valence-electron chi connectivity index (χ0n) is 22.4. The summed E-state index contributed by atoms with van der Waals surface area (Å²) in [5.74, 6) is -0.198. The molecule has 3 aromatic rings. The van der Waals surface area contributed by atoms with Crippen molar-refractivity contribution in [3.63, 3.8) is 0 Å². The summed E-state index contributed by atoms with van der Waals surface area (Å²) in [6.45, 7) is 2.84. The summed E-state index contributed by atoms with van der Waals surface area (Å²) in [6.07, 6.45) is 6.74. The number of carbonyl (C=O) groups excluding carboxylic acids is 2. The number of H-pyrrole nitrogens is 1. The van der Waals surface area contributed by atoms with Crippen molar-refractivity contribution in [2.75, 3.05) is 27.9 Å². The van der Waals surface area contributed by atoms with Crippen LogP contribution in [-0.4, -0.2) is 55.6 Å². The third-order valence-corrected chi connectivity index (χ3v) is 7.11. The van der Waals surface area contributed by atoms with Crippen LogP contribution in [0.2, 0.25) is 0 Å². The van der Waals surface area contributed by atoms with E-state index < -0.39 is 23.5 Å². The third-order valence-electron chi connectivity index (χ3n) is 7.11. The Balaban J connectivity index is 1.61. The van der Waals surface area contributed by atoms with Crippen molar-refractivity contribution in [2.45, 2.75) is 38.5 Å². The molecule has 1 amide bonds. The molecule has 39 heavy (non-hydrogen) atoms. The number of rotatable bonds is 9. The number of ketones is 1. The lowest BCUT2D eigenvalue weighted by molar-refractivity contribution is -0.695. The van der Waals surface area contributed by atoms with Crippen LogP contribution in [0.25, 0.3) is 5.76 Å². The number of ether oxygens (including phenoxy) is 4. The summed E-state index contributed by atoms with van der Waals surface area (Å²) in [5.41, 5.74) is 1.65. The second-order valence-corrected chi connectivity index (χ2v) is 9.59. The average molecular weight is 534 g/mol. The number of amides is 1. The number of fused-ring (bicyclic) bond motifs is 1. The van der Waals surface area contributed by atoms with E-state index in [1.54, 1.807) is 36.5 Å². The van der Waals surface area contributed by atoms with Crippen molar-refractivity contribution >= 4 is 17.4 Å². The minimum absolute atomic E-state index is 0.00746. The zero-order valence-corrected chi connectivity index (χ0v) is 22.4. The van der Waals surface area contributed by atoms with Gasteiger partial charge in [-0.05, 0) is 47.9 Å². The van der Waals surface area contributed by atoms with E-state index in [0.29, 0.717) is 47.8 Å². The van der Waals surface area contributed by atoms with E-state index in [4.69, 9.17) is 18.9 Å². The molecule has 2 atom stereocenters. The van der Waals surface area contributed by atoms with Crippen molar-refractivity contribution in [2.24, 2.45) is 0 Å². The number of methoxy groups -OCH3 is 3. The fraction of sp³-hybridized carbons (Fsp3) is 0.345. The molecule has 3 heterocycles. The number of hydrogen-bond donors (Lipinski definition) is 1. The van der Waals surface area contributed by atoms with Crippen LogP contribution in [0.5, 0.6) is 23.0 Å². The number of hydrogen-bond acceptors (Lipinski definition) is 7. The van der Waals surface area contributed by atoms with Gasteiger partial charge in [-0.25, -0.2) is 4.57 Å². The smallest absolute Gasteiger partial charge is 0.295 e. The lowest BCUT2D eigenvalue weighted by Crippen LogP contribution is -2.36. The van der Waals surface area contributed by atoms with Gasteiger partial charge in [0.2, 0.25) is 17.9 Å². The number of Topliss-reactive ketones (excluding diaryl/α,β-unsaturated/α-hetero) is 1. The van der Waals surface area contributed by atoms with Gasteiger partial charge in [0.1, 0.15) is 24.2 Å². The monoisotopic (exact) mass is 533 g/mol. The molecule has 2 aliphatic rings. The molecular weight excluding hydrogens is 502 g/mol. The fourth-order valence-electron chi connectivity index (χ4n) is 5.31. The first kappa shape index (κ1) is 26.1. The van der Waals surface area contributed by atoms with E-state index in [9.17, 15) is 14.7 Å². The molecule has 1 N–H and O–H groups in total. The van der Waals surface area contributed by atoms with Crippen molar-refractivity contribution in [3.8, 4) is 23.0 Å². The van der Waals surface area contributed by atoms with E-state index in [1.807, 2.05) is 24.0 Å². The van der Waals surface area contributed by atoms with Crippen molar-refractivity contribution in [3.05, 3.63) is 71.3 Å². The first-order chi connectivity index (χ1) is 18.9. The van der Waals surface area contributed by atoms with Gasteiger partial charge in [0.15, 0.2) is 11.5 Å². The summed E-state index contributed by atoms with van der Waals surface area (Å²) < 4.78 is 24.2. The SMILES string of the molecule is COc1cc(C2C(=C([O-])c3ccc4c(c3)CC(C)O4)C(=O)C(=O)N2CCC[n+]2cc[nH]c2)cc(OC)c1OC. The van der Waals surface area contributed by atoms with E-state index >= 15 is 0 Å². The highest BCUT2D eigenvalue weighted by Crippen LogP contribution is 2.45. The number of benzene rings is 2. The van der Waals surface area contributed by atoms with Gasteiger partial charge in [-0.3, -0.25) is 14.6 Å². The maximum absolute atomic E-state index is 13.9. The van der Waals surface area contributed by atoms with Gasteiger partial charge in [-0.2, -0.15) is 0 Å². The van der Waals surface area contributed by atoms with Crippen LogP contribution in [0.3, 0.4) is 0 Å².